The number of carbonyl (C=O) groups is 3. The monoisotopic (exact) mass is 524 g/mol. The molecule has 2 aliphatic heterocycles. The molecule has 2 N–H and O–H groups in total. The molecule has 2 heterocycles. The van der Waals surface area contributed by atoms with Gasteiger partial charge in [-0.1, -0.05) is 65.7 Å². The van der Waals surface area contributed by atoms with Crippen LogP contribution in [0.2, 0.25) is 10.0 Å². The van der Waals surface area contributed by atoms with Crippen LogP contribution in [0.5, 0.6) is 5.75 Å². The number of hydrogen-bond acceptors (Lipinski definition) is 5. The molecular weight excluding hydrogens is 503 g/mol. The Bertz CT molecular complexity index is 1370. The average molecular weight is 525 g/mol. The lowest BCUT2D eigenvalue weighted by molar-refractivity contribution is -0.148. The molecule has 2 amide bonds. The van der Waals surface area contributed by atoms with Crippen molar-refractivity contribution in [3.63, 3.8) is 0 Å². The molecule has 0 saturated carbocycles. The highest BCUT2D eigenvalue weighted by Crippen LogP contribution is 2.52. The van der Waals surface area contributed by atoms with Gasteiger partial charge in [0.25, 0.3) is 0 Å². The molecule has 0 bridgehead atoms. The molecule has 2 aliphatic rings. The van der Waals surface area contributed by atoms with E-state index in [0.29, 0.717) is 16.3 Å². The molecule has 0 radical (unpaired) electrons. The summed E-state index contributed by atoms with van der Waals surface area (Å²) in [6.45, 7) is 0. The summed E-state index contributed by atoms with van der Waals surface area (Å²) in [7, 11) is 1.52. The van der Waals surface area contributed by atoms with Crippen LogP contribution in [0, 0.1) is 11.8 Å². The number of nitrogens with zero attached hydrogens (tertiary/aromatic N) is 1. The number of imide groups is 1. The maximum absolute atomic E-state index is 13.9. The number of nitrogens with one attached hydrogen (secondary N) is 1. The van der Waals surface area contributed by atoms with Crippen molar-refractivity contribution in [2.75, 3.05) is 12.0 Å². The van der Waals surface area contributed by atoms with Gasteiger partial charge in [-0.05, 0) is 41.5 Å². The molecule has 0 unspecified atom stereocenters. The SMILES string of the molecule is COc1cccc([C@@H]2N[C@](Cc3ccccc3)(C(=O)O)[C@@H]3C(=O)N(c4ccc(Cl)cc4Cl)C(=O)[C@H]32)c1. The summed E-state index contributed by atoms with van der Waals surface area (Å²) >= 11 is 12.4. The van der Waals surface area contributed by atoms with Gasteiger partial charge in [0, 0.05) is 17.5 Å². The van der Waals surface area contributed by atoms with E-state index in [-0.39, 0.29) is 17.1 Å². The van der Waals surface area contributed by atoms with Gasteiger partial charge in [0.05, 0.1) is 29.7 Å². The van der Waals surface area contributed by atoms with Crippen LogP contribution in [0.1, 0.15) is 17.2 Å². The quantitative estimate of drug-likeness (QED) is 0.460. The van der Waals surface area contributed by atoms with Gasteiger partial charge in [-0.3, -0.25) is 19.7 Å². The topological polar surface area (TPSA) is 95.9 Å². The van der Waals surface area contributed by atoms with Crippen LogP contribution in [0.25, 0.3) is 0 Å². The van der Waals surface area contributed by atoms with Gasteiger partial charge >= 0.3 is 5.97 Å². The number of hydrogen-bond donors (Lipinski definition) is 2. The first-order valence-corrected chi connectivity index (χ1v) is 12.0. The third-order valence-corrected chi connectivity index (χ3v) is 7.50. The van der Waals surface area contributed by atoms with Gasteiger partial charge in [-0.15, -0.1) is 0 Å². The molecule has 9 heteroatoms. The normalized spacial score (nSPS) is 25.2. The zero-order valence-corrected chi connectivity index (χ0v) is 20.7. The summed E-state index contributed by atoms with van der Waals surface area (Å²) in [5.74, 6) is -3.95. The maximum atomic E-state index is 13.9. The summed E-state index contributed by atoms with van der Waals surface area (Å²) in [6, 6.07) is 19.8. The average Bonchev–Trinajstić information content (AvgIpc) is 3.34. The molecule has 2 saturated heterocycles. The number of ether oxygens (including phenoxy) is 1. The van der Waals surface area contributed by atoms with E-state index in [1.54, 1.807) is 48.5 Å². The van der Waals surface area contributed by atoms with Crippen molar-refractivity contribution in [1.82, 2.24) is 5.32 Å². The third-order valence-electron chi connectivity index (χ3n) is 6.97. The number of anilines is 1. The smallest absolute Gasteiger partial charge is 0.325 e. The number of carboxylic acids is 1. The molecule has 7 nitrogen and oxygen atoms in total. The van der Waals surface area contributed by atoms with E-state index in [1.165, 1.54) is 25.3 Å². The molecule has 5 rings (SSSR count). The molecule has 0 spiro atoms. The lowest BCUT2D eigenvalue weighted by Gasteiger charge is -2.31. The predicted octanol–water partition coefficient (Wildman–Crippen LogP) is 4.52. The van der Waals surface area contributed by atoms with Crippen molar-refractivity contribution < 1.29 is 24.2 Å². The fourth-order valence-electron chi connectivity index (χ4n) is 5.38. The van der Waals surface area contributed by atoms with Crippen LogP contribution >= 0.6 is 23.2 Å². The standard InChI is InChI=1S/C27H22Cl2N2O5/c1-36-18-9-5-8-16(12-18)23-21-22(27(30-23,26(34)35)14-15-6-3-2-4-7-15)25(33)31(24(21)32)20-11-10-17(28)13-19(20)29/h2-13,21-23,30H,14H2,1H3,(H,34,35)/t21-,22+,23+,27+/m1/s1. The van der Waals surface area contributed by atoms with Crippen LogP contribution in [0.4, 0.5) is 5.69 Å². The fourth-order valence-corrected chi connectivity index (χ4v) is 5.87. The number of fused-ring (bicyclic) bond motifs is 1. The van der Waals surface area contributed by atoms with Gasteiger partial charge in [0.15, 0.2) is 0 Å². The van der Waals surface area contributed by atoms with Gasteiger partial charge in [0.2, 0.25) is 11.8 Å². The number of halogens is 2. The van der Waals surface area contributed by atoms with E-state index in [0.717, 1.165) is 10.5 Å². The van der Waals surface area contributed by atoms with E-state index in [4.69, 9.17) is 27.9 Å². The first-order chi connectivity index (χ1) is 17.3. The van der Waals surface area contributed by atoms with E-state index < -0.39 is 41.2 Å². The summed E-state index contributed by atoms with van der Waals surface area (Å²) in [5.41, 5.74) is -0.194. The Morgan fingerprint density at radius 2 is 1.78 bits per heavy atom. The number of benzene rings is 3. The zero-order valence-electron chi connectivity index (χ0n) is 19.2. The Kier molecular flexibility index (Phi) is 6.24. The molecule has 2 fully saturated rings. The van der Waals surface area contributed by atoms with Crippen LogP contribution in [0.15, 0.2) is 72.8 Å². The van der Waals surface area contributed by atoms with Crippen molar-refractivity contribution in [2.24, 2.45) is 11.8 Å². The van der Waals surface area contributed by atoms with Crippen LogP contribution in [-0.2, 0) is 20.8 Å². The second-order valence-electron chi connectivity index (χ2n) is 8.95. The summed E-state index contributed by atoms with van der Waals surface area (Å²) in [6.07, 6.45) is 0.00597. The minimum atomic E-state index is -1.74. The first kappa shape index (κ1) is 24.3. The Morgan fingerprint density at radius 1 is 1.03 bits per heavy atom. The van der Waals surface area contributed by atoms with Crippen LogP contribution in [0.3, 0.4) is 0 Å². The van der Waals surface area contributed by atoms with Crippen LogP contribution < -0.4 is 15.0 Å². The van der Waals surface area contributed by atoms with Gasteiger partial charge in [-0.25, -0.2) is 4.90 Å². The molecule has 0 aliphatic carbocycles. The van der Waals surface area contributed by atoms with Crippen molar-refractivity contribution in [1.29, 1.82) is 0 Å². The minimum Gasteiger partial charge on any atom is -0.497 e. The fraction of sp³-hybridized carbons (Fsp3) is 0.222. The van der Waals surface area contributed by atoms with E-state index in [2.05, 4.69) is 5.32 Å². The van der Waals surface area contributed by atoms with Crippen molar-refractivity contribution in [3.05, 3.63) is 94.0 Å². The van der Waals surface area contributed by atoms with Gasteiger partial charge in [0.1, 0.15) is 11.3 Å². The third kappa shape index (κ3) is 3.84. The molecule has 0 aromatic heterocycles. The van der Waals surface area contributed by atoms with Gasteiger partial charge in [-0.2, -0.15) is 0 Å². The van der Waals surface area contributed by atoms with Crippen molar-refractivity contribution in [2.45, 2.75) is 18.0 Å². The number of aliphatic carboxylic acids is 1. The second-order valence-corrected chi connectivity index (χ2v) is 9.79. The number of carbonyl (C=O) groups excluding carboxylic acids is 2. The van der Waals surface area contributed by atoms with Crippen molar-refractivity contribution in [3.8, 4) is 5.75 Å². The van der Waals surface area contributed by atoms with E-state index >= 15 is 0 Å². The first-order valence-electron chi connectivity index (χ1n) is 11.3. The number of rotatable bonds is 6. The molecule has 3 aromatic rings. The van der Waals surface area contributed by atoms with Crippen LogP contribution in [-0.4, -0.2) is 35.5 Å². The Hall–Kier alpha value is -3.39. The number of methoxy groups -OCH3 is 1. The summed E-state index contributed by atoms with van der Waals surface area (Å²) in [4.78, 5) is 41.8. The maximum Gasteiger partial charge on any atom is 0.325 e. The highest BCUT2D eigenvalue weighted by atomic mass is 35.5. The molecule has 184 valence electrons. The predicted molar refractivity (Wildman–Crippen MR) is 135 cm³/mol. The molecular formula is C27H22Cl2N2O5. The highest BCUT2D eigenvalue weighted by molar-refractivity contribution is 6.38. The summed E-state index contributed by atoms with van der Waals surface area (Å²) in [5, 5.41) is 14.3. The Balaban J connectivity index is 1.67. The largest absolute Gasteiger partial charge is 0.497 e. The molecule has 3 aromatic carbocycles. The molecule has 36 heavy (non-hydrogen) atoms. The van der Waals surface area contributed by atoms with E-state index in [9.17, 15) is 19.5 Å². The lowest BCUT2D eigenvalue weighted by atomic mass is 9.76. The second kappa shape index (κ2) is 9.24. The van der Waals surface area contributed by atoms with Crippen molar-refractivity contribution >= 4 is 46.7 Å². The zero-order chi connectivity index (χ0) is 25.6. The Labute approximate surface area is 217 Å². The van der Waals surface area contributed by atoms with Gasteiger partial charge < -0.3 is 9.84 Å². The van der Waals surface area contributed by atoms with E-state index in [1.807, 2.05) is 6.07 Å². The number of carboxylic acid groups (broad SMARTS) is 1. The minimum absolute atomic E-state index is 0.00597. The Morgan fingerprint density at radius 3 is 2.44 bits per heavy atom. The lowest BCUT2D eigenvalue weighted by Crippen LogP contribution is -2.57. The highest BCUT2D eigenvalue weighted by Gasteiger charge is 2.68. The molecule has 4 atom stereocenters. The number of amides is 2. The summed E-state index contributed by atoms with van der Waals surface area (Å²) < 4.78 is 5.35.